The number of benzene rings is 1. The van der Waals surface area contributed by atoms with Crippen molar-refractivity contribution in [3.8, 4) is 23.3 Å². The minimum Gasteiger partial charge on any atom is -0.298 e. The molecule has 0 aliphatic carbocycles. The van der Waals surface area contributed by atoms with Gasteiger partial charge in [0.2, 0.25) is 0 Å². The maximum absolute atomic E-state index is 10.6. The van der Waals surface area contributed by atoms with Gasteiger partial charge < -0.3 is 0 Å². The molecule has 0 aliphatic heterocycles. The summed E-state index contributed by atoms with van der Waals surface area (Å²) < 4.78 is 0. The van der Waals surface area contributed by atoms with Gasteiger partial charge in [-0.15, -0.1) is 0 Å². The number of pyridine rings is 2. The van der Waals surface area contributed by atoms with Crippen LogP contribution in [0.4, 0.5) is 0 Å². The number of hydrogen-bond acceptors (Lipinski definition) is 5. The van der Waals surface area contributed by atoms with Crippen LogP contribution in [0.1, 0.15) is 21.7 Å². The van der Waals surface area contributed by atoms with Crippen LogP contribution in [0.3, 0.4) is 0 Å². The molecule has 0 N–H and O–H groups in total. The van der Waals surface area contributed by atoms with Crippen molar-refractivity contribution in [3.05, 3.63) is 83.9 Å². The molecule has 0 saturated heterocycles. The highest BCUT2D eigenvalue weighted by Crippen LogP contribution is 2.19. The maximum atomic E-state index is 10.6. The Balaban J connectivity index is 0.000000219. The molecular formula is C19H12N4O. The number of nitrogens with zero attached hydrogens (tertiary/aromatic N) is 4. The van der Waals surface area contributed by atoms with Crippen molar-refractivity contribution in [3.63, 3.8) is 0 Å². The first kappa shape index (κ1) is 16.5. The largest absolute Gasteiger partial charge is 0.298 e. The fourth-order valence-corrected chi connectivity index (χ4v) is 1.85. The zero-order valence-corrected chi connectivity index (χ0v) is 12.6. The summed E-state index contributed by atoms with van der Waals surface area (Å²) in [4.78, 5) is 18.3. The van der Waals surface area contributed by atoms with Crippen molar-refractivity contribution in [2.75, 3.05) is 0 Å². The van der Waals surface area contributed by atoms with Crippen molar-refractivity contribution < 1.29 is 4.79 Å². The highest BCUT2D eigenvalue weighted by atomic mass is 16.1. The van der Waals surface area contributed by atoms with Crippen molar-refractivity contribution in [2.24, 2.45) is 0 Å². The van der Waals surface area contributed by atoms with Crippen LogP contribution in [-0.2, 0) is 0 Å². The van der Waals surface area contributed by atoms with Crippen LogP contribution in [0.25, 0.3) is 11.1 Å². The van der Waals surface area contributed by atoms with Crippen LogP contribution in [-0.4, -0.2) is 16.3 Å². The van der Waals surface area contributed by atoms with Gasteiger partial charge in [0.25, 0.3) is 0 Å². The van der Waals surface area contributed by atoms with E-state index in [1.165, 1.54) is 0 Å². The number of aldehydes is 1. The first-order valence-corrected chi connectivity index (χ1v) is 6.99. The summed E-state index contributed by atoms with van der Waals surface area (Å²) in [5, 5.41) is 16.8. The number of hydrogen-bond donors (Lipinski definition) is 0. The molecule has 3 rings (SSSR count). The molecule has 0 saturated carbocycles. The lowest BCUT2D eigenvalue weighted by molar-refractivity contribution is 0.112. The molecule has 3 aromatic rings. The molecule has 0 spiro atoms. The first-order valence-electron chi connectivity index (χ1n) is 6.99. The van der Waals surface area contributed by atoms with Gasteiger partial charge in [0, 0.05) is 23.5 Å². The zero-order valence-electron chi connectivity index (χ0n) is 12.6. The Kier molecular flexibility index (Phi) is 5.91. The normalized spacial score (nSPS) is 8.92. The molecule has 1 aromatic carbocycles. The van der Waals surface area contributed by atoms with Crippen molar-refractivity contribution in [2.45, 2.75) is 0 Å². The van der Waals surface area contributed by atoms with Crippen LogP contribution in [0, 0.1) is 22.7 Å². The monoisotopic (exact) mass is 312 g/mol. The predicted molar refractivity (Wildman–Crippen MR) is 88.7 cm³/mol. The average molecular weight is 312 g/mol. The third-order valence-electron chi connectivity index (χ3n) is 3.01. The summed E-state index contributed by atoms with van der Waals surface area (Å²) in [5.41, 5.74) is 3.29. The molecule has 0 amide bonds. The van der Waals surface area contributed by atoms with E-state index in [1.807, 2.05) is 30.3 Å². The topological polar surface area (TPSA) is 90.4 Å². The van der Waals surface area contributed by atoms with E-state index in [-0.39, 0.29) is 0 Å². The third-order valence-corrected chi connectivity index (χ3v) is 3.01. The SMILES string of the molecule is N#Cc1ccc(-c2cccc(C=O)c2)cn1.N#Cc1ccccn1. The molecular weight excluding hydrogens is 300 g/mol. The summed E-state index contributed by atoms with van der Waals surface area (Å²) in [6.07, 6.45) is 4.03. The summed E-state index contributed by atoms with van der Waals surface area (Å²) in [6.45, 7) is 0. The maximum Gasteiger partial charge on any atom is 0.150 e. The van der Waals surface area contributed by atoms with Gasteiger partial charge in [-0.25, -0.2) is 9.97 Å². The fraction of sp³-hybridized carbons (Fsp3) is 0. The lowest BCUT2D eigenvalue weighted by Gasteiger charge is -2.01. The zero-order chi connectivity index (χ0) is 17.2. The summed E-state index contributed by atoms with van der Waals surface area (Å²) >= 11 is 0. The molecule has 5 heteroatoms. The Bertz CT molecular complexity index is 891. The number of rotatable bonds is 2. The molecule has 2 aromatic heterocycles. The molecule has 0 fully saturated rings. The second-order valence-corrected chi connectivity index (χ2v) is 4.61. The first-order chi connectivity index (χ1) is 11.8. The van der Waals surface area contributed by atoms with Gasteiger partial charge in [-0.2, -0.15) is 10.5 Å². The lowest BCUT2D eigenvalue weighted by Crippen LogP contribution is -1.85. The lowest BCUT2D eigenvalue weighted by atomic mass is 10.1. The van der Waals surface area contributed by atoms with Crippen LogP contribution >= 0.6 is 0 Å². The quantitative estimate of drug-likeness (QED) is 0.676. The second kappa shape index (κ2) is 8.57. The van der Waals surface area contributed by atoms with E-state index in [2.05, 4.69) is 9.97 Å². The standard InChI is InChI=1S/C13H8N2O.C6H4N2/c14-7-13-5-4-12(8-15-13)11-3-1-2-10(6-11)9-16;7-5-6-3-1-2-4-8-6/h1-6,8-9H;1-4H. The Morgan fingerprint density at radius 2 is 1.62 bits per heavy atom. The minimum absolute atomic E-state index is 0.385. The molecule has 0 atom stereocenters. The van der Waals surface area contributed by atoms with Gasteiger partial charge in [0.15, 0.2) is 0 Å². The smallest absolute Gasteiger partial charge is 0.150 e. The Morgan fingerprint density at radius 1 is 0.833 bits per heavy atom. The molecule has 2 heterocycles. The number of carbonyl (C=O) groups is 1. The van der Waals surface area contributed by atoms with Gasteiger partial charge in [0.05, 0.1) is 0 Å². The number of aromatic nitrogens is 2. The molecule has 114 valence electrons. The predicted octanol–water partition coefficient (Wildman–Crippen LogP) is 3.39. The summed E-state index contributed by atoms with van der Waals surface area (Å²) in [5.74, 6) is 0. The van der Waals surface area contributed by atoms with E-state index in [1.54, 1.807) is 48.8 Å². The minimum atomic E-state index is 0.385. The average Bonchev–Trinajstić information content (AvgIpc) is 2.69. The van der Waals surface area contributed by atoms with Gasteiger partial charge in [-0.3, -0.25) is 4.79 Å². The van der Waals surface area contributed by atoms with Crippen LogP contribution in [0.2, 0.25) is 0 Å². The van der Waals surface area contributed by atoms with Crippen LogP contribution < -0.4 is 0 Å². The fourth-order valence-electron chi connectivity index (χ4n) is 1.85. The summed E-state index contributed by atoms with van der Waals surface area (Å²) in [6, 6.07) is 19.8. The van der Waals surface area contributed by atoms with E-state index in [4.69, 9.17) is 10.5 Å². The summed E-state index contributed by atoms with van der Waals surface area (Å²) in [7, 11) is 0. The Labute approximate surface area is 139 Å². The van der Waals surface area contributed by atoms with Crippen molar-refractivity contribution in [1.29, 1.82) is 10.5 Å². The molecule has 24 heavy (non-hydrogen) atoms. The van der Waals surface area contributed by atoms with E-state index < -0.39 is 0 Å². The van der Waals surface area contributed by atoms with Gasteiger partial charge in [0.1, 0.15) is 29.8 Å². The number of nitriles is 2. The Hall–Kier alpha value is -3.83. The molecule has 0 unspecified atom stereocenters. The van der Waals surface area contributed by atoms with E-state index >= 15 is 0 Å². The van der Waals surface area contributed by atoms with E-state index in [0.717, 1.165) is 17.4 Å². The second-order valence-electron chi connectivity index (χ2n) is 4.61. The van der Waals surface area contributed by atoms with Crippen LogP contribution in [0.5, 0.6) is 0 Å². The Morgan fingerprint density at radius 3 is 2.17 bits per heavy atom. The number of carbonyl (C=O) groups excluding carboxylic acids is 1. The van der Waals surface area contributed by atoms with E-state index in [9.17, 15) is 4.79 Å². The van der Waals surface area contributed by atoms with Crippen molar-refractivity contribution >= 4 is 6.29 Å². The van der Waals surface area contributed by atoms with Gasteiger partial charge in [-0.1, -0.05) is 24.3 Å². The highest BCUT2D eigenvalue weighted by Gasteiger charge is 1.99. The van der Waals surface area contributed by atoms with E-state index in [0.29, 0.717) is 17.0 Å². The van der Waals surface area contributed by atoms with Crippen LogP contribution in [0.15, 0.2) is 67.0 Å². The molecule has 0 aliphatic rings. The van der Waals surface area contributed by atoms with Gasteiger partial charge >= 0.3 is 0 Å². The van der Waals surface area contributed by atoms with Gasteiger partial charge in [-0.05, 0) is 35.9 Å². The molecule has 0 bridgehead atoms. The van der Waals surface area contributed by atoms with Crippen molar-refractivity contribution in [1.82, 2.24) is 9.97 Å². The molecule has 5 nitrogen and oxygen atoms in total. The third kappa shape index (κ3) is 4.59. The highest BCUT2D eigenvalue weighted by molar-refractivity contribution is 5.78. The molecule has 0 radical (unpaired) electrons.